The Morgan fingerprint density at radius 3 is 1.12 bits per heavy atom. The summed E-state index contributed by atoms with van der Waals surface area (Å²) in [5.74, 6) is 32.3. The van der Waals surface area contributed by atoms with Gasteiger partial charge in [0.2, 0.25) is 0 Å². The van der Waals surface area contributed by atoms with Gasteiger partial charge >= 0.3 is 38.2 Å². The Balaban J connectivity index is 0.000000278. The summed E-state index contributed by atoms with van der Waals surface area (Å²) in [4.78, 5) is 0. The first-order valence-corrected chi connectivity index (χ1v) is 21.1. The third-order valence-corrected chi connectivity index (χ3v) is 25.4. The summed E-state index contributed by atoms with van der Waals surface area (Å²) >= 11 is -2.27. The van der Waals surface area contributed by atoms with Gasteiger partial charge in [-0.3, -0.25) is 8.92 Å². The second-order valence-corrected chi connectivity index (χ2v) is 21.5. The maximum absolute atomic E-state index is 8.54. The van der Waals surface area contributed by atoms with E-state index in [0.29, 0.717) is 0 Å². The van der Waals surface area contributed by atoms with Gasteiger partial charge in [-0.2, -0.15) is 0 Å². The number of rotatable bonds is 0. The molecule has 0 heterocycles. The second kappa shape index (κ2) is 4.30. The van der Waals surface area contributed by atoms with E-state index in [2.05, 4.69) is 0 Å². The minimum atomic E-state index is -2.27. The Kier molecular flexibility index (Phi) is 2.07. The molecule has 22 atom stereocenters. The van der Waals surface area contributed by atoms with Crippen molar-refractivity contribution in [3.05, 3.63) is 0 Å². The van der Waals surface area contributed by atoms with Crippen LogP contribution < -0.4 is 0 Å². The molecule has 0 aliphatic heterocycles. The van der Waals surface area contributed by atoms with Crippen LogP contribution in [-0.4, -0.2) is 9.29 Å². The molecule has 20 aliphatic carbocycles. The molecule has 0 amide bonds. The van der Waals surface area contributed by atoms with Crippen molar-refractivity contribution in [3.8, 4) is 0 Å². The van der Waals surface area contributed by atoms with Crippen molar-refractivity contribution in [1.82, 2.24) is 0 Å². The topological polar surface area (TPSA) is 68.3 Å². The van der Waals surface area contributed by atoms with Crippen LogP contribution in [-0.2, 0) is 37.8 Å². The Labute approximate surface area is 251 Å². The molecule has 0 bridgehead atoms. The summed E-state index contributed by atoms with van der Waals surface area (Å²) in [6.07, 6.45) is 6.79. The SMILES string of the molecule is C1CC2C1C1C2C2C3C1C1C4C5C6C7C8C9C%10CCC%11C%10C9%10C%11C9C%11C%12C%13C%14C2C31C4%14C5%13C6%12C7%11C89%10.O=[Si]=O.[O]=[Zr]=[O]. The summed E-state index contributed by atoms with van der Waals surface area (Å²) in [7, 11) is -1.42. The number of fused-ring (bicyclic) bond motifs is 22. The standard InChI is InChI=1S/C35H32.O2Si.2O.Zr/c1-2-6-5(1)9-10(6)12-16-11(9)17-21-25-27-23-19-14-7-3-4-8-13(7)29(14)15(8)20-24-28-26-22-18(12)30(16,17)32(21,22)34(25,26)35(27,28)33(23,24)31(19,20)29;1-3-2;;;/h5-28H,1-4H2;;;;. The van der Waals surface area contributed by atoms with E-state index in [9.17, 15) is 0 Å². The molecule has 41 heavy (non-hydrogen) atoms. The van der Waals surface area contributed by atoms with Crippen molar-refractivity contribution in [3.63, 3.8) is 0 Å². The fraction of sp³-hybridized carbons (Fsp3) is 1.00. The molecule has 20 saturated carbocycles. The molecule has 22 unspecified atom stereocenters. The van der Waals surface area contributed by atoms with Crippen LogP contribution in [0.15, 0.2) is 0 Å². The zero-order chi connectivity index (χ0) is 25.6. The Morgan fingerprint density at radius 2 is 0.707 bits per heavy atom. The van der Waals surface area contributed by atoms with Crippen LogP contribution in [0.4, 0.5) is 0 Å². The molecular weight excluding hydrogens is 604 g/mol. The molecule has 0 N–H and O–H groups in total. The monoisotopic (exact) mass is 634 g/mol. The van der Waals surface area contributed by atoms with Crippen LogP contribution in [0.3, 0.4) is 0 Å². The van der Waals surface area contributed by atoms with Crippen molar-refractivity contribution in [1.29, 1.82) is 0 Å². The van der Waals surface area contributed by atoms with E-state index >= 15 is 0 Å². The average Bonchev–Trinajstić information content (AvgIpc) is 3.21. The summed E-state index contributed by atoms with van der Waals surface area (Å²) in [6, 6.07) is 0. The van der Waals surface area contributed by atoms with Gasteiger partial charge in [-0.1, -0.05) is 0 Å². The van der Waals surface area contributed by atoms with Gasteiger partial charge < -0.3 is 0 Å². The van der Waals surface area contributed by atoms with Gasteiger partial charge in [-0.25, -0.2) is 0 Å². The average molecular weight is 636 g/mol. The molecule has 0 aromatic rings. The molecule has 6 heteroatoms. The van der Waals surface area contributed by atoms with E-state index < -0.39 is 32.5 Å². The number of hydrogen-bond donors (Lipinski definition) is 0. The zero-order valence-corrected chi connectivity index (χ0v) is 26.3. The molecule has 7 spiro atoms. The quantitative estimate of drug-likeness (QED) is 0.382. The van der Waals surface area contributed by atoms with Crippen molar-refractivity contribution in [2.75, 3.05) is 0 Å². The van der Waals surface area contributed by atoms with E-state index in [-0.39, 0.29) is 0 Å². The number of hydrogen-bond acceptors (Lipinski definition) is 4. The van der Waals surface area contributed by atoms with Crippen LogP contribution in [0.1, 0.15) is 25.7 Å². The van der Waals surface area contributed by atoms with Crippen LogP contribution in [0.2, 0.25) is 0 Å². The molecule has 20 fully saturated rings. The Hall–Kier alpha value is 0.300. The van der Waals surface area contributed by atoms with Crippen molar-refractivity contribution in [2.45, 2.75) is 25.7 Å². The summed E-state index contributed by atoms with van der Waals surface area (Å²) in [5.41, 5.74) is 7.65. The fourth-order valence-corrected chi connectivity index (χ4v) is 29.1. The first-order valence-electron chi connectivity index (χ1n) is 18.2. The van der Waals surface area contributed by atoms with E-state index in [4.69, 9.17) is 14.5 Å². The van der Waals surface area contributed by atoms with Gasteiger partial charge in [0, 0.05) is 0 Å². The predicted molar refractivity (Wildman–Crippen MR) is 128 cm³/mol. The normalized spacial score (nSPS) is 98.7. The van der Waals surface area contributed by atoms with Crippen LogP contribution >= 0.6 is 0 Å². The molecule has 204 valence electrons. The third kappa shape index (κ3) is 0.846. The van der Waals surface area contributed by atoms with E-state index in [1.807, 2.05) is 0 Å². The van der Waals surface area contributed by atoms with Gasteiger partial charge in [-0.15, -0.1) is 0 Å². The van der Waals surface area contributed by atoms with Crippen molar-refractivity contribution >= 4 is 9.29 Å². The van der Waals surface area contributed by atoms with E-state index in [1.54, 1.807) is 25.7 Å². The van der Waals surface area contributed by atoms with Gasteiger partial charge in [0.1, 0.15) is 0 Å². The molecule has 0 aromatic heterocycles. The minimum absolute atomic E-state index is 1.08. The van der Waals surface area contributed by atoms with Gasteiger partial charge in [0.05, 0.1) is 0 Å². The van der Waals surface area contributed by atoms with Gasteiger partial charge in [0.15, 0.2) is 0 Å². The van der Waals surface area contributed by atoms with E-state index in [0.717, 1.165) is 37.9 Å². The predicted octanol–water partition coefficient (Wildman–Crippen LogP) is 3.65. The van der Waals surface area contributed by atoms with Gasteiger partial charge in [0.25, 0.3) is 0 Å². The molecule has 20 aliphatic rings. The van der Waals surface area contributed by atoms with Crippen LogP contribution in [0, 0.1) is 180 Å². The van der Waals surface area contributed by atoms with Crippen LogP contribution in [0.5, 0.6) is 0 Å². The molecule has 0 radical (unpaired) electrons. The van der Waals surface area contributed by atoms with Crippen molar-refractivity contribution in [2.24, 2.45) is 180 Å². The van der Waals surface area contributed by atoms with Crippen molar-refractivity contribution < 1.29 is 37.8 Å². The summed E-state index contributed by atoms with van der Waals surface area (Å²) in [6.45, 7) is 0. The molecule has 0 saturated heterocycles. The summed E-state index contributed by atoms with van der Waals surface area (Å²) in [5, 5.41) is 0. The fourth-order valence-electron chi connectivity index (χ4n) is 29.1. The molecule has 0 aromatic carbocycles. The Bertz CT molecular complexity index is 1720. The maximum atomic E-state index is 8.54. The first kappa shape index (κ1) is 19.7. The molecule has 4 nitrogen and oxygen atoms in total. The first-order chi connectivity index (χ1) is 20.2. The van der Waals surface area contributed by atoms with Gasteiger partial charge in [-0.05, 0) is 206 Å². The molecule has 20 rings (SSSR count). The summed E-state index contributed by atoms with van der Waals surface area (Å²) < 4.78 is 33.9. The zero-order valence-electron chi connectivity index (χ0n) is 22.8. The second-order valence-electron chi connectivity index (χ2n) is 20.9. The van der Waals surface area contributed by atoms with E-state index in [1.165, 1.54) is 142 Å². The Morgan fingerprint density at radius 1 is 0.390 bits per heavy atom. The third-order valence-electron chi connectivity index (χ3n) is 25.4. The molecular formula is C35H32O4SiZr. The van der Waals surface area contributed by atoms with Crippen LogP contribution in [0.25, 0.3) is 0 Å².